The van der Waals surface area contributed by atoms with Crippen molar-refractivity contribution in [1.29, 1.82) is 0 Å². The first-order valence-electron chi connectivity index (χ1n) is 7.64. The van der Waals surface area contributed by atoms with E-state index in [9.17, 15) is 12.8 Å². The van der Waals surface area contributed by atoms with Gasteiger partial charge in [0.05, 0.1) is 17.7 Å². The third kappa shape index (κ3) is 3.30. The Labute approximate surface area is 146 Å². The summed E-state index contributed by atoms with van der Waals surface area (Å²) in [4.78, 5) is 0.265. The number of rotatable bonds is 4. The van der Waals surface area contributed by atoms with Gasteiger partial charge in [0.15, 0.2) is 21.4 Å². The van der Waals surface area contributed by atoms with E-state index in [4.69, 9.17) is 4.74 Å². The molecule has 3 aromatic rings. The van der Waals surface area contributed by atoms with Gasteiger partial charge in [-0.1, -0.05) is 12.1 Å². The maximum absolute atomic E-state index is 14.1. The number of halogens is 1. The van der Waals surface area contributed by atoms with Gasteiger partial charge in [0.1, 0.15) is 0 Å². The number of nitrogens with zero attached hydrogens (tertiary/aromatic N) is 1. The van der Waals surface area contributed by atoms with Crippen LogP contribution in [0.3, 0.4) is 0 Å². The summed E-state index contributed by atoms with van der Waals surface area (Å²) in [5.74, 6) is -0.251. The van der Waals surface area contributed by atoms with Crippen molar-refractivity contribution >= 4 is 9.84 Å². The van der Waals surface area contributed by atoms with Crippen molar-refractivity contribution in [1.82, 2.24) is 4.57 Å². The van der Waals surface area contributed by atoms with Crippen molar-refractivity contribution in [3.8, 4) is 22.7 Å². The molecule has 0 unspecified atom stereocenters. The van der Waals surface area contributed by atoms with Crippen LogP contribution in [0.5, 0.6) is 5.75 Å². The number of aromatic nitrogens is 1. The fourth-order valence-corrected chi connectivity index (χ4v) is 3.40. The van der Waals surface area contributed by atoms with Crippen molar-refractivity contribution in [3.05, 3.63) is 66.1 Å². The van der Waals surface area contributed by atoms with E-state index in [1.807, 2.05) is 23.6 Å². The Balaban J connectivity index is 2.10. The Morgan fingerprint density at radius 3 is 2.24 bits per heavy atom. The maximum Gasteiger partial charge on any atom is 0.175 e. The van der Waals surface area contributed by atoms with Crippen LogP contribution in [0, 0.1) is 12.7 Å². The van der Waals surface area contributed by atoms with Gasteiger partial charge in [0, 0.05) is 23.7 Å². The van der Waals surface area contributed by atoms with Crippen LogP contribution in [0.1, 0.15) is 5.69 Å². The largest absolute Gasteiger partial charge is 0.494 e. The molecule has 0 spiro atoms. The Morgan fingerprint density at radius 1 is 1.00 bits per heavy atom. The molecule has 6 heteroatoms. The van der Waals surface area contributed by atoms with Gasteiger partial charge in [0.2, 0.25) is 0 Å². The lowest BCUT2D eigenvalue weighted by molar-refractivity contribution is 0.386. The second-order valence-corrected chi connectivity index (χ2v) is 7.83. The molecule has 4 nitrogen and oxygen atoms in total. The zero-order valence-corrected chi connectivity index (χ0v) is 15.0. The summed E-state index contributed by atoms with van der Waals surface area (Å²) in [5.41, 5.74) is 3.30. The minimum Gasteiger partial charge on any atom is -0.494 e. The highest BCUT2D eigenvalue weighted by molar-refractivity contribution is 7.90. The highest BCUT2D eigenvalue weighted by atomic mass is 32.2. The number of hydrogen-bond donors (Lipinski definition) is 0. The number of benzene rings is 2. The molecule has 1 heterocycles. The van der Waals surface area contributed by atoms with Crippen LogP contribution in [-0.4, -0.2) is 26.4 Å². The summed E-state index contributed by atoms with van der Waals surface area (Å²) in [5, 5.41) is 0. The zero-order valence-electron chi connectivity index (χ0n) is 14.2. The monoisotopic (exact) mass is 359 g/mol. The van der Waals surface area contributed by atoms with Crippen LogP contribution >= 0.6 is 0 Å². The first-order chi connectivity index (χ1) is 11.8. The van der Waals surface area contributed by atoms with Crippen LogP contribution in [0.4, 0.5) is 4.39 Å². The van der Waals surface area contributed by atoms with Gasteiger partial charge >= 0.3 is 0 Å². The maximum atomic E-state index is 14.1. The molecule has 25 heavy (non-hydrogen) atoms. The summed E-state index contributed by atoms with van der Waals surface area (Å²) < 4.78 is 44.2. The molecule has 3 rings (SSSR count). The first kappa shape index (κ1) is 17.2. The van der Waals surface area contributed by atoms with Gasteiger partial charge in [-0.05, 0) is 48.9 Å². The van der Waals surface area contributed by atoms with E-state index in [1.165, 1.54) is 19.4 Å². The third-order valence-corrected chi connectivity index (χ3v) is 5.18. The summed E-state index contributed by atoms with van der Waals surface area (Å²) in [7, 11) is -1.82. The van der Waals surface area contributed by atoms with Gasteiger partial charge in [-0.15, -0.1) is 0 Å². The molecule has 0 fully saturated rings. The van der Waals surface area contributed by atoms with Crippen LogP contribution in [0.2, 0.25) is 0 Å². The van der Waals surface area contributed by atoms with Crippen molar-refractivity contribution < 1.29 is 17.5 Å². The molecule has 0 aliphatic heterocycles. The zero-order chi connectivity index (χ0) is 18.2. The van der Waals surface area contributed by atoms with E-state index in [0.29, 0.717) is 5.69 Å². The Bertz CT molecular complexity index is 1020. The second kappa shape index (κ2) is 6.37. The van der Waals surface area contributed by atoms with Crippen LogP contribution in [-0.2, 0) is 9.84 Å². The molecular formula is C19H18FNO3S. The number of methoxy groups -OCH3 is 1. The molecule has 0 aliphatic carbocycles. The highest BCUT2D eigenvalue weighted by Crippen LogP contribution is 2.29. The van der Waals surface area contributed by atoms with Crippen molar-refractivity contribution in [2.75, 3.05) is 13.4 Å². The molecule has 0 N–H and O–H groups in total. The average Bonchev–Trinajstić information content (AvgIpc) is 2.95. The molecule has 0 atom stereocenters. The van der Waals surface area contributed by atoms with Crippen LogP contribution in [0.15, 0.2) is 59.5 Å². The topological polar surface area (TPSA) is 48.3 Å². The molecule has 0 amide bonds. The van der Waals surface area contributed by atoms with Crippen molar-refractivity contribution in [2.24, 2.45) is 0 Å². The highest BCUT2D eigenvalue weighted by Gasteiger charge is 2.13. The van der Waals surface area contributed by atoms with E-state index in [2.05, 4.69) is 0 Å². The fraction of sp³-hybridized carbons (Fsp3) is 0.158. The summed E-state index contributed by atoms with van der Waals surface area (Å²) in [6.45, 7) is 1.93. The van der Waals surface area contributed by atoms with Crippen LogP contribution in [0.25, 0.3) is 16.9 Å². The smallest absolute Gasteiger partial charge is 0.175 e. The quantitative estimate of drug-likeness (QED) is 0.707. The normalized spacial score (nSPS) is 11.5. The van der Waals surface area contributed by atoms with E-state index in [-0.39, 0.29) is 10.6 Å². The molecule has 0 aliphatic rings. The van der Waals surface area contributed by atoms with Crippen LogP contribution < -0.4 is 4.74 Å². The SMILES string of the molecule is COc1ccc(-n2c(C)ccc2-c2ccc(S(C)(=O)=O)cc2)cc1F. The van der Waals surface area contributed by atoms with E-state index >= 15 is 0 Å². The Hall–Kier alpha value is -2.60. The molecule has 0 radical (unpaired) electrons. The lowest BCUT2D eigenvalue weighted by Gasteiger charge is -2.13. The number of aryl methyl sites for hydroxylation is 1. The van der Waals surface area contributed by atoms with E-state index in [1.54, 1.807) is 36.4 Å². The number of hydrogen-bond acceptors (Lipinski definition) is 3. The standard InChI is InChI=1S/C19H18FNO3S/c1-13-4-10-18(14-5-8-16(9-6-14)25(3,22)23)21(13)15-7-11-19(24-2)17(20)12-15/h4-12H,1-3H3. The lowest BCUT2D eigenvalue weighted by Crippen LogP contribution is -2.01. The molecule has 130 valence electrons. The summed E-state index contributed by atoms with van der Waals surface area (Å²) in [6, 6.07) is 15.3. The second-order valence-electron chi connectivity index (χ2n) is 5.81. The fourth-order valence-electron chi connectivity index (χ4n) is 2.77. The lowest BCUT2D eigenvalue weighted by atomic mass is 10.1. The average molecular weight is 359 g/mol. The van der Waals surface area contributed by atoms with Gasteiger partial charge in [-0.2, -0.15) is 0 Å². The van der Waals surface area contributed by atoms with Gasteiger partial charge in [-0.3, -0.25) is 0 Å². The van der Waals surface area contributed by atoms with Gasteiger partial charge < -0.3 is 9.30 Å². The minimum absolute atomic E-state index is 0.188. The molecule has 2 aromatic carbocycles. The first-order valence-corrected chi connectivity index (χ1v) is 9.53. The van der Waals surface area contributed by atoms with Gasteiger partial charge in [-0.25, -0.2) is 12.8 Å². The number of sulfone groups is 1. The molecule has 0 bridgehead atoms. The predicted molar refractivity (Wildman–Crippen MR) is 95.6 cm³/mol. The molecule has 0 saturated heterocycles. The molecule has 1 aromatic heterocycles. The Kier molecular flexibility index (Phi) is 4.39. The van der Waals surface area contributed by atoms with Crippen molar-refractivity contribution in [2.45, 2.75) is 11.8 Å². The summed E-state index contributed by atoms with van der Waals surface area (Å²) in [6.07, 6.45) is 1.18. The number of ether oxygens (including phenoxy) is 1. The third-order valence-electron chi connectivity index (χ3n) is 4.05. The van der Waals surface area contributed by atoms with Crippen molar-refractivity contribution in [3.63, 3.8) is 0 Å². The molecule has 0 saturated carbocycles. The molecular weight excluding hydrogens is 341 g/mol. The minimum atomic E-state index is -3.24. The van der Waals surface area contributed by atoms with E-state index < -0.39 is 15.7 Å². The van der Waals surface area contributed by atoms with Gasteiger partial charge in [0.25, 0.3) is 0 Å². The summed E-state index contributed by atoms with van der Waals surface area (Å²) >= 11 is 0. The van der Waals surface area contributed by atoms with E-state index in [0.717, 1.165) is 17.0 Å². The Morgan fingerprint density at radius 2 is 1.68 bits per heavy atom. The predicted octanol–water partition coefficient (Wildman–Crippen LogP) is 4.00.